The van der Waals surface area contributed by atoms with Gasteiger partial charge in [0.15, 0.2) is 5.78 Å². The maximum Gasteiger partial charge on any atom is 0.169 e. The van der Waals surface area contributed by atoms with E-state index in [1.54, 1.807) is 26.0 Å². The number of nitrogen functional groups attached to an aromatic ring is 3. The molecule has 0 heterocycles. The molecular formula is C10H15N3O. The minimum atomic E-state index is -0.122. The third-order valence-corrected chi connectivity index (χ3v) is 1.99. The van der Waals surface area contributed by atoms with Crippen molar-refractivity contribution in [2.45, 2.75) is 13.8 Å². The average molecular weight is 193 g/mol. The zero-order chi connectivity index (χ0) is 10.9. The molecule has 1 aromatic rings. The lowest BCUT2D eigenvalue weighted by atomic mass is 9.97. The number of benzene rings is 1. The van der Waals surface area contributed by atoms with Crippen molar-refractivity contribution in [1.82, 2.24) is 0 Å². The highest BCUT2D eigenvalue weighted by molar-refractivity contribution is 6.07. The molecule has 0 radical (unpaired) electrons. The number of hydrogen-bond donors (Lipinski definition) is 3. The summed E-state index contributed by atoms with van der Waals surface area (Å²) in [6.07, 6.45) is 0. The van der Waals surface area contributed by atoms with E-state index in [4.69, 9.17) is 17.2 Å². The van der Waals surface area contributed by atoms with Gasteiger partial charge in [-0.1, -0.05) is 13.8 Å². The van der Waals surface area contributed by atoms with E-state index in [-0.39, 0.29) is 11.7 Å². The summed E-state index contributed by atoms with van der Waals surface area (Å²) < 4.78 is 0. The van der Waals surface area contributed by atoms with Crippen molar-refractivity contribution in [2.24, 2.45) is 5.92 Å². The molecule has 6 N–H and O–H groups in total. The first kappa shape index (κ1) is 10.4. The summed E-state index contributed by atoms with van der Waals surface area (Å²) in [4.78, 5) is 11.7. The zero-order valence-electron chi connectivity index (χ0n) is 8.37. The van der Waals surface area contributed by atoms with E-state index < -0.39 is 0 Å². The van der Waals surface area contributed by atoms with Crippen LogP contribution in [-0.4, -0.2) is 5.78 Å². The van der Waals surface area contributed by atoms with Crippen molar-refractivity contribution in [2.75, 3.05) is 17.2 Å². The van der Waals surface area contributed by atoms with Gasteiger partial charge in [0.2, 0.25) is 0 Å². The van der Waals surface area contributed by atoms with Gasteiger partial charge in [-0.3, -0.25) is 4.79 Å². The molecule has 0 bridgehead atoms. The lowest BCUT2D eigenvalue weighted by molar-refractivity contribution is 0.0941. The maximum atomic E-state index is 11.7. The van der Waals surface area contributed by atoms with E-state index in [1.807, 2.05) is 0 Å². The molecular weight excluding hydrogens is 178 g/mol. The molecule has 0 aromatic heterocycles. The van der Waals surface area contributed by atoms with Crippen molar-refractivity contribution >= 4 is 22.8 Å². The van der Waals surface area contributed by atoms with Gasteiger partial charge in [0.1, 0.15) is 0 Å². The van der Waals surface area contributed by atoms with Crippen LogP contribution in [0.4, 0.5) is 17.1 Å². The van der Waals surface area contributed by atoms with Gasteiger partial charge >= 0.3 is 0 Å². The van der Waals surface area contributed by atoms with E-state index in [0.717, 1.165) is 0 Å². The normalized spacial score (nSPS) is 10.5. The molecule has 4 nitrogen and oxygen atoms in total. The highest BCUT2D eigenvalue weighted by Gasteiger charge is 2.17. The Morgan fingerprint density at radius 1 is 1.14 bits per heavy atom. The minimum Gasteiger partial charge on any atom is -0.399 e. The van der Waals surface area contributed by atoms with Gasteiger partial charge in [-0.2, -0.15) is 0 Å². The molecule has 0 unspecified atom stereocenters. The van der Waals surface area contributed by atoms with Crippen molar-refractivity contribution in [1.29, 1.82) is 0 Å². The fourth-order valence-corrected chi connectivity index (χ4v) is 1.28. The van der Waals surface area contributed by atoms with Gasteiger partial charge in [-0.15, -0.1) is 0 Å². The number of carbonyl (C=O) groups is 1. The van der Waals surface area contributed by atoms with Crippen LogP contribution in [0.1, 0.15) is 24.2 Å². The molecule has 0 aliphatic carbocycles. The van der Waals surface area contributed by atoms with Crippen LogP contribution in [0.2, 0.25) is 0 Å². The number of anilines is 3. The number of ketones is 1. The molecule has 0 fully saturated rings. The number of hydrogen-bond acceptors (Lipinski definition) is 4. The van der Waals surface area contributed by atoms with Crippen LogP contribution in [-0.2, 0) is 0 Å². The highest BCUT2D eigenvalue weighted by Crippen LogP contribution is 2.25. The Balaban J connectivity index is 3.28. The first-order valence-corrected chi connectivity index (χ1v) is 4.42. The fourth-order valence-electron chi connectivity index (χ4n) is 1.28. The highest BCUT2D eigenvalue weighted by atomic mass is 16.1. The third-order valence-electron chi connectivity index (χ3n) is 1.99. The van der Waals surface area contributed by atoms with Crippen LogP contribution < -0.4 is 17.2 Å². The van der Waals surface area contributed by atoms with Crippen LogP contribution in [0.25, 0.3) is 0 Å². The van der Waals surface area contributed by atoms with Crippen molar-refractivity contribution < 1.29 is 4.79 Å². The summed E-state index contributed by atoms with van der Waals surface area (Å²) in [5.74, 6) is -0.178. The molecule has 0 spiro atoms. The van der Waals surface area contributed by atoms with E-state index in [2.05, 4.69) is 0 Å². The van der Waals surface area contributed by atoms with Gasteiger partial charge in [-0.05, 0) is 12.1 Å². The minimum absolute atomic E-state index is 0.0556. The second kappa shape index (κ2) is 3.57. The quantitative estimate of drug-likeness (QED) is 0.487. The Morgan fingerprint density at radius 3 is 1.93 bits per heavy atom. The fraction of sp³-hybridized carbons (Fsp3) is 0.300. The Kier molecular flexibility index (Phi) is 2.65. The van der Waals surface area contributed by atoms with Crippen LogP contribution in [0.3, 0.4) is 0 Å². The Morgan fingerprint density at radius 2 is 1.57 bits per heavy atom. The lowest BCUT2D eigenvalue weighted by Crippen LogP contribution is -2.13. The number of rotatable bonds is 2. The zero-order valence-corrected chi connectivity index (χ0v) is 8.37. The maximum absolute atomic E-state index is 11.7. The van der Waals surface area contributed by atoms with Crippen molar-refractivity contribution in [3.63, 3.8) is 0 Å². The summed E-state index contributed by atoms with van der Waals surface area (Å²) in [5.41, 5.74) is 18.4. The Hall–Kier alpha value is -1.71. The molecule has 76 valence electrons. The van der Waals surface area contributed by atoms with Crippen LogP contribution in [0.5, 0.6) is 0 Å². The van der Waals surface area contributed by atoms with Crippen molar-refractivity contribution in [3.05, 3.63) is 17.7 Å². The molecule has 1 aromatic carbocycles. The topological polar surface area (TPSA) is 95.1 Å². The molecule has 0 saturated carbocycles. The smallest absolute Gasteiger partial charge is 0.169 e. The third kappa shape index (κ3) is 1.79. The molecule has 0 aliphatic rings. The van der Waals surface area contributed by atoms with Gasteiger partial charge in [-0.25, -0.2) is 0 Å². The molecule has 0 amide bonds. The second-order valence-electron chi connectivity index (χ2n) is 3.59. The first-order valence-electron chi connectivity index (χ1n) is 4.42. The average Bonchev–Trinajstić information content (AvgIpc) is 2.01. The Labute approximate surface area is 83.1 Å². The van der Waals surface area contributed by atoms with Crippen LogP contribution in [0.15, 0.2) is 12.1 Å². The molecule has 0 saturated heterocycles. The molecule has 14 heavy (non-hydrogen) atoms. The summed E-state index contributed by atoms with van der Waals surface area (Å²) in [5, 5.41) is 0. The monoisotopic (exact) mass is 193 g/mol. The SMILES string of the molecule is CC(C)C(=O)c1c(N)cc(N)cc1N. The predicted molar refractivity (Wildman–Crippen MR) is 58.8 cm³/mol. The molecule has 1 rings (SSSR count). The summed E-state index contributed by atoms with van der Waals surface area (Å²) in [6, 6.07) is 3.10. The first-order chi connectivity index (χ1) is 6.43. The summed E-state index contributed by atoms with van der Waals surface area (Å²) in [6.45, 7) is 3.61. The molecule has 4 heteroatoms. The van der Waals surface area contributed by atoms with E-state index in [1.165, 1.54) is 0 Å². The predicted octanol–water partition coefficient (Wildman–Crippen LogP) is 1.27. The molecule has 0 aliphatic heterocycles. The summed E-state index contributed by atoms with van der Waals surface area (Å²) >= 11 is 0. The lowest BCUT2D eigenvalue weighted by Gasteiger charge is -2.11. The van der Waals surface area contributed by atoms with Gasteiger partial charge in [0.05, 0.1) is 5.56 Å². The van der Waals surface area contributed by atoms with Crippen LogP contribution >= 0.6 is 0 Å². The Bertz CT molecular complexity index is 349. The van der Waals surface area contributed by atoms with Gasteiger partial charge in [0, 0.05) is 23.0 Å². The standard InChI is InChI=1S/C10H15N3O/c1-5(2)10(14)9-7(12)3-6(11)4-8(9)13/h3-5H,11-13H2,1-2H3. The second-order valence-corrected chi connectivity index (χ2v) is 3.59. The number of nitrogens with two attached hydrogens (primary N) is 3. The van der Waals surface area contributed by atoms with E-state index in [9.17, 15) is 4.79 Å². The van der Waals surface area contributed by atoms with Crippen LogP contribution in [0, 0.1) is 5.92 Å². The summed E-state index contributed by atoms with van der Waals surface area (Å²) in [7, 11) is 0. The number of Topliss-reactive ketones (excluding diaryl/α,β-unsaturated/α-hetero) is 1. The molecule has 0 atom stereocenters. The van der Waals surface area contributed by atoms with E-state index >= 15 is 0 Å². The van der Waals surface area contributed by atoms with Crippen molar-refractivity contribution in [3.8, 4) is 0 Å². The number of carbonyl (C=O) groups excluding carboxylic acids is 1. The van der Waals surface area contributed by atoms with Gasteiger partial charge in [0.25, 0.3) is 0 Å². The largest absolute Gasteiger partial charge is 0.399 e. The van der Waals surface area contributed by atoms with Gasteiger partial charge < -0.3 is 17.2 Å². The van der Waals surface area contributed by atoms with E-state index in [0.29, 0.717) is 22.6 Å².